The Morgan fingerprint density at radius 1 is 1.47 bits per heavy atom. The van der Waals surface area contributed by atoms with E-state index in [2.05, 4.69) is 11.4 Å². The van der Waals surface area contributed by atoms with Crippen LogP contribution in [0.1, 0.15) is 37.4 Å². The monoisotopic (exact) mass is 230 g/mol. The third kappa shape index (κ3) is 4.28. The number of hydrogen-bond donors (Lipinski definition) is 1. The van der Waals surface area contributed by atoms with Crippen LogP contribution >= 0.6 is 0 Å². The van der Waals surface area contributed by atoms with Crippen LogP contribution in [0.25, 0.3) is 0 Å². The summed E-state index contributed by atoms with van der Waals surface area (Å²) in [6.07, 6.45) is 0.448. The Labute approximate surface area is 102 Å². The van der Waals surface area contributed by atoms with Crippen LogP contribution in [0.15, 0.2) is 24.3 Å². The number of hydrogen-bond acceptors (Lipinski definition) is 2. The van der Waals surface area contributed by atoms with Gasteiger partial charge in [-0.3, -0.25) is 4.79 Å². The molecular weight excluding hydrogens is 212 g/mol. The molecule has 1 N–H and O–H groups in total. The van der Waals surface area contributed by atoms with Crippen molar-refractivity contribution in [2.75, 3.05) is 0 Å². The van der Waals surface area contributed by atoms with Gasteiger partial charge >= 0.3 is 0 Å². The maximum absolute atomic E-state index is 11.6. The van der Waals surface area contributed by atoms with Crippen LogP contribution in [0.2, 0.25) is 0 Å². The first-order valence-corrected chi connectivity index (χ1v) is 5.78. The van der Waals surface area contributed by atoms with Gasteiger partial charge in [0.2, 0.25) is 5.91 Å². The molecule has 0 saturated carbocycles. The molecule has 0 heterocycles. The second-order valence-corrected chi connectivity index (χ2v) is 4.64. The van der Waals surface area contributed by atoms with Crippen LogP contribution in [0, 0.1) is 24.2 Å². The van der Waals surface area contributed by atoms with Crippen molar-refractivity contribution in [1.82, 2.24) is 5.32 Å². The molecule has 0 radical (unpaired) electrons. The fourth-order valence-corrected chi connectivity index (χ4v) is 1.63. The molecule has 1 amide bonds. The highest BCUT2D eigenvalue weighted by atomic mass is 16.1. The second-order valence-electron chi connectivity index (χ2n) is 4.64. The van der Waals surface area contributed by atoms with Gasteiger partial charge in [0.05, 0.1) is 6.07 Å². The van der Waals surface area contributed by atoms with E-state index in [1.807, 2.05) is 45.0 Å². The molecule has 17 heavy (non-hydrogen) atoms. The van der Waals surface area contributed by atoms with Gasteiger partial charge in [-0.1, -0.05) is 43.7 Å². The normalized spacial score (nSPS) is 11.9. The van der Waals surface area contributed by atoms with E-state index in [0.29, 0.717) is 12.3 Å². The molecule has 1 aromatic carbocycles. The van der Waals surface area contributed by atoms with Crippen LogP contribution in [0.3, 0.4) is 0 Å². The Hall–Kier alpha value is -1.82. The number of nitrogens with zero attached hydrogens (tertiary/aromatic N) is 1. The summed E-state index contributed by atoms with van der Waals surface area (Å²) in [4.78, 5) is 11.6. The topological polar surface area (TPSA) is 52.9 Å². The minimum absolute atomic E-state index is 0.0759. The number of nitriles is 1. The molecular formula is C14H18N2O. The van der Waals surface area contributed by atoms with E-state index in [0.717, 1.165) is 11.1 Å². The summed E-state index contributed by atoms with van der Waals surface area (Å²) >= 11 is 0. The molecule has 1 atom stereocenters. The van der Waals surface area contributed by atoms with E-state index < -0.39 is 6.04 Å². The number of rotatable bonds is 4. The van der Waals surface area contributed by atoms with Gasteiger partial charge in [0.25, 0.3) is 0 Å². The summed E-state index contributed by atoms with van der Waals surface area (Å²) in [7, 11) is 0. The number of carbonyl (C=O) groups excluding carboxylic acids is 1. The number of benzene rings is 1. The van der Waals surface area contributed by atoms with Crippen molar-refractivity contribution in [3.63, 3.8) is 0 Å². The molecule has 90 valence electrons. The first-order valence-electron chi connectivity index (χ1n) is 5.78. The molecule has 1 unspecified atom stereocenters. The van der Waals surface area contributed by atoms with Crippen molar-refractivity contribution in [2.45, 2.75) is 33.2 Å². The zero-order valence-corrected chi connectivity index (χ0v) is 10.5. The lowest BCUT2D eigenvalue weighted by Crippen LogP contribution is -2.28. The van der Waals surface area contributed by atoms with Crippen LogP contribution in [-0.2, 0) is 4.79 Å². The maximum Gasteiger partial charge on any atom is 0.221 e. The number of amides is 1. The lowest BCUT2D eigenvalue weighted by molar-refractivity contribution is -0.122. The number of carbonyl (C=O) groups is 1. The molecule has 0 aliphatic rings. The summed E-state index contributed by atoms with van der Waals surface area (Å²) in [6, 6.07) is 9.20. The molecule has 3 heteroatoms. The van der Waals surface area contributed by atoms with E-state index >= 15 is 0 Å². The van der Waals surface area contributed by atoms with E-state index in [4.69, 9.17) is 5.26 Å². The average Bonchev–Trinajstić information content (AvgIpc) is 2.24. The van der Waals surface area contributed by atoms with Gasteiger partial charge in [-0.25, -0.2) is 0 Å². The number of nitrogens with one attached hydrogen (secondary N) is 1. The molecule has 0 aliphatic carbocycles. The summed E-state index contributed by atoms with van der Waals surface area (Å²) < 4.78 is 0. The third-order valence-electron chi connectivity index (χ3n) is 2.40. The summed E-state index contributed by atoms with van der Waals surface area (Å²) in [5, 5.41) is 11.8. The summed E-state index contributed by atoms with van der Waals surface area (Å²) in [6.45, 7) is 5.93. The molecule has 0 bridgehead atoms. The summed E-state index contributed by atoms with van der Waals surface area (Å²) in [5.74, 6) is 0.222. The van der Waals surface area contributed by atoms with E-state index in [1.54, 1.807) is 0 Å². The molecule has 0 fully saturated rings. The van der Waals surface area contributed by atoms with Crippen molar-refractivity contribution >= 4 is 5.91 Å². The van der Waals surface area contributed by atoms with Crippen molar-refractivity contribution < 1.29 is 4.79 Å². The Morgan fingerprint density at radius 3 is 2.71 bits per heavy atom. The smallest absolute Gasteiger partial charge is 0.221 e. The zero-order chi connectivity index (χ0) is 12.8. The molecule has 0 saturated heterocycles. The highest BCUT2D eigenvalue weighted by molar-refractivity contribution is 5.77. The van der Waals surface area contributed by atoms with Crippen molar-refractivity contribution in [2.24, 2.45) is 5.92 Å². The largest absolute Gasteiger partial charge is 0.337 e. The van der Waals surface area contributed by atoms with E-state index in [-0.39, 0.29) is 5.91 Å². The first-order chi connectivity index (χ1) is 8.02. The van der Waals surface area contributed by atoms with Crippen LogP contribution < -0.4 is 5.32 Å². The van der Waals surface area contributed by atoms with Gasteiger partial charge in [0, 0.05) is 6.42 Å². The highest BCUT2D eigenvalue weighted by Crippen LogP contribution is 2.14. The molecule has 1 rings (SSSR count). The highest BCUT2D eigenvalue weighted by Gasteiger charge is 2.14. The SMILES string of the molecule is Cc1cccc(C(C#N)NC(=O)CC(C)C)c1. The summed E-state index contributed by atoms with van der Waals surface area (Å²) in [5.41, 5.74) is 1.92. The molecule has 0 aromatic heterocycles. The van der Waals surface area contributed by atoms with Gasteiger partial charge in [0.15, 0.2) is 0 Å². The van der Waals surface area contributed by atoms with Gasteiger partial charge in [-0.2, -0.15) is 5.26 Å². The fraction of sp³-hybridized carbons (Fsp3) is 0.429. The third-order valence-corrected chi connectivity index (χ3v) is 2.40. The Kier molecular flexibility index (Phi) is 4.71. The van der Waals surface area contributed by atoms with Gasteiger partial charge in [-0.15, -0.1) is 0 Å². The lowest BCUT2D eigenvalue weighted by Gasteiger charge is -2.13. The molecule has 0 aliphatic heterocycles. The van der Waals surface area contributed by atoms with Gasteiger partial charge < -0.3 is 5.32 Å². The van der Waals surface area contributed by atoms with Crippen LogP contribution in [-0.4, -0.2) is 5.91 Å². The second kappa shape index (κ2) is 6.05. The predicted octanol–water partition coefficient (Wildman–Crippen LogP) is 2.72. The Morgan fingerprint density at radius 2 is 2.18 bits per heavy atom. The average molecular weight is 230 g/mol. The Bertz CT molecular complexity index is 432. The number of aryl methyl sites for hydroxylation is 1. The van der Waals surface area contributed by atoms with E-state index in [1.165, 1.54) is 0 Å². The van der Waals surface area contributed by atoms with Gasteiger partial charge in [-0.05, 0) is 18.4 Å². The predicted molar refractivity (Wildman–Crippen MR) is 67.1 cm³/mol. The van der Waals surface area contributed by atoms with Crippen LogP contribution in [0.4, 0.5) is 0 Å². The van der Waals surface area contributed by atoms with Crippen molar-refractivity contribution in [3.05, 3.63) is 35.4 Å². The van der Waals surface area contributed by atoms with E-state index in [9.17, 15) is 4.79 Å². The standard InChI is InChI=1S/C14H18N2O/c1-10(2)7-14(17)16-13(9-15)12-6-4-5-11(3)8-12/h4-6,8,10,13H,7H2,1-3H3,(H,16,17). The Balaban J connectivity index is 2.73. The zero-order valence-electron chi connectivity index (χ0n) is 10.5. The minimum atomic E-state index is -0.554. The lowest BCUT2D eigenvalue weighted by atomic mass is 10.0. The van der Waals surface area contributed by atoms with Crippen LogP contribution in [0.5, 0.6) is 0 Å². The molecule has 3 nitrogen and oxygen atoms in total. The minimum Gasteiger partial charge on any atom is -0.337 e. The van der Waals surface area contributed by atoms with Gasteiger partial charge in [0.1, 0.15) is 6.04 Å². The molecule has 0 spiro atoms. The van der Waals surface area contributed by atoms with Crippen molar-refractivity contribution in [1.29, 1.82) is 5.26 Å². The molecule has 1 aromatic rings. The fourth-order valence-electron chi connectivity index (χ4n) is 1.63. The quantitative estimate of drug-likeness (QED) is 0.864. The van der Waals surface area contributed by atoms with Crippen molar-refractivity contribution in [3.8, 4) is 6.07 Å². The maximum atomic E-state index is 11.6. The first kappa shape index (κ1) is 13.2.